The molecule has 3 heterocycles. The van der Waals surface area contributed by atoms with Crippen LogP contribution >= 0.6 is 0 Å². The SMILES string of the molecule is COc1cc2nc3c(c(NC4CCN(C(C)C)CC4)c2nc1OC)CCCCC3. The molecule has 2 aromatic heterocycles. The number of hydrogen-bond donors (Lipinski definition) is 1. The number of nitrogens with zero attached hydrogens (tertiary/aromatic N) is 3. The van der Waals surface area contributed by atoms with Gasteiger partial charge in [0.25, 0.3) is 5.88 Å². The first-order chi connectivity index (χ1) is 14.1. The molecule has 0 radical (unpaired) electrons. The number of nitrogens with one attached hydrogen (secondary N) is 1. The predicted octanol–water partition coefficient (Wildman–Crippen LogP) is 4.20. The first-order valence-electron chi connectivity index (χ1n) is 11.1. The van der Waals surface area contributed by atoms with Crippen molar-refractivity contribution >= 4 is 16.7 Å². The zero-order valence-electron chi connectivity index (χ0n) is 18.3. The maximum absolute atomic E-state index is 5.50. The van der Waals surface area contributed by atoms with Gasteiger partial charge in [-0.25, -0.2) is 4.98 Å². The molecule has 0 unspecified atom stereocenters. The first-order valence-corrected chi connectivity index (χ1v) is 11.1. The largest absolute Gasteiger partial charge is 0.491 e. The summed E-state index contributed by atoms with van der Waals surface area (Å²) in [6.07, 6.45) is 8.11. The molecule has 4 rings (SSSR count). The lowest BCUT2D eigenvalue weighted by Gasteiger charge is -2.35. The molecular formula is C23H34N4O2. The second kappa shape index (κ2) is 8.74. The minimum absolute atomic E-state index is 0.470. The number of fused-ring (bicyclic) bond motifs is 2. The van der Waals surface area contributed by atoms with Crippen LogP contribution in [0.4, 0.5) is 5.69 Å². The smallest absolute Gasteiger partial charge is 0.257 e. The number of pyridine rings is 2. The van der Waals surface area contributed by atoms with Crippen LogP contribution in [0.15, 0.2) is 6.07 Å². The Hall–Kier alpha value is -2.08. The second-order valence-electron chi connectivity index (χ2n) is 8.59. The summed E-state index contributed by atoms with van der Waals surface area (Å²) in [6, 6.07) is 3.06. The Labute approximate surface area is 174 Å². The molecule has 0 spiro atoms. The minimum atomic E-state index is 0.470. The van der Waals surface area contributed by atoms with Crippen molar-refractivity contribution in [2.45, 2.75) is 70.9 Å². The fourth-order valence-electron chi connectivity index (χ4n) is 4.70. The average Bonchev–Trinajstić information content (AvgIpc) is 2.98. The van der Waals surface area contributed by atoms with Crippen LogP contribution in [-0.4, -0.2) is 54.3 Å². The monoisotopic (exact) mass is 398 g/mol. The minimum Gasteiger partial charge on any atom is -0.491 e. The third kappa shape index (κ3) is 4.13. The topological polar surface area (TPSA) is 59.5 Å². The third-order valence-electron chi connectivity index (χ3n) is 6.44. The van der Waals surface area contributed by atoms with E-state index >= 15 is 0 Å². The van der Waals surface area contributed by atoms with Crippen molar-refractivity contribution in [1.29, 1.82) is 0 Å². The van der Waals surface area contributed by atoms with Gasteiger partial charge in [0.2, 0.25) is 0 Å². The molecule has 1 saturated heterocycles. The quantitative estimate of drug-likeness (QED) is 0.762. The molecule has 29 heavy (non-hydrogen) atoms. The number of ether oxygens (including phenoxy) is 2. The lowest BCUT2D eigenvalue weighted by Crippen LogP contribution is -2.42. The number of methoxy groups -OCH3 is 2. The van der Waals surface area contributed by atoms with Gasteiger partial charge in [0, 0.05) is 36.9 Å². The van der Waals surface area contributed by atoms with E-state index in [2.05, 4.69) is 24.1 Å². The Bertz CT molecular complexity index is 860. The number of piperidine rings is 1. The van der Waals surface area contributed by atoms with Gasteiger partial charge in [0.05, 0.1) is 25.4 Å². The normalized spacial score (nSPS) is 18.5. The number of rotatable bonds is 5. The Balaban J connectivity index is 1.74. The molecule has 158 valence electrons. The van der Waals surface area contributed by atoms with E-state index in [4.69, 9.17) is 19.4 Å². The van der Waals surface area contributed by atoms with Gasteiger partial charge in [0.15, 0.2) is 5.75 Å². The standard InChI is InChI=1S/C23H34N4O2/c1-15(2)27-12-10-16(11-13-27)24-21-17-8-6-5-7-9-18(17)25-19-14-20(28-3)23(29-4)26-22(19)21/h14-16H,5-13H2,1-4H3,(H,24,25). The maximum Gasteiger partial charge on any atom is 0.257 e. The van der Waals surface area contributed by atoms with Crippen molar-refractivity contribution in [3.05, 3.63) is 17.3 Å². The summed E-state index contributed by atoms with van der Waals surface area (Å²) in [5, 5.41) is 3.90. The third-order valence-corrected chi connectivity index (χ3v) is 6.44. The predicted molar refractivity (Wildman–Crippen MR) is 117 cm³/mol. The van der Waals surface area contributed by atoms with E-state index < -0.39 is 0 Å². The molecule has 0 atom stereocenters. The molecule has 0 aromatic carbocycles. The molecule has 0 amide bonds. The molecule has 0 bridgehead atoms. The molecular weight excluding hydrogens is 364 g/mol. The summed E-state index contributed by atoms with van der Waals surface area (Å²) in [4.78, 5) is 12.4. The van der Waals surface area contributed by atoms with E-state index in [1.807, 2.05) is 6.07 Å². The molecule has 0 saturated carbocycles. The highest BCUT2D eigenvalue weighted by molar-refractivity contribution is 5.91. The van der Waals surface area contributed by atoms with Crippen LogP contribution in [0.25, 0.3) is 11.0 Å². The summed E-state index contributed by atoms with van der Waals surface area (Å²) < 4.78 is 11.0. The highest BCUT2D eigenvalue weighted by atomic mass is 16.5. The molecule has 1 N–H and O–H groups in total. The molecule has 2 aliphatic rings. The van der Waals surface area contributed by atoms with Gasteiger partial charge in [-0.1, -0.05) is 6.42 Å². The van der Waals surface area contributed by atoms with Crippen LogP contribution in [0.3, 0.4) is 0 Å². The van der Waals surface area contributed by atoms with Gasteiger partial charge >= 0.3 is 0 Å². The second-order valence-corrected chi connectivity index (χ2v) is 8.59. The number of anilines is 1. The first kappa shape index (κ1) is 20.2. The Morgan fingerprint density at radius 2 is 1.79 bits per heavy atom. The molecule has 2 aromatic rings. The van der Waals surface area contributed by atoms with Crippen LogP contribution in [0, 0.1) is 0 Å². The fraction of sp³-hybridized carbons (Fsp3) is 0.652. The number of hydrogen-bond acceptors (Lipinski definition) is 6. The summed E-state index contributed by atoms with van der Waals surface area (Å²) in [6.45, 7) is 6.86. The van der Waals surface area contributed by atoms with Crippen molar-refractivity contribution in [3.63, 3.8) is 0 Å². The van der Waals surface area contributed by atoms with Crippen molar-refractivity contribution in [2.24, 2.45) is 0 Å². The Morgan fingerprint density at radius 3 is 2.48 bits per heavy atom. The van der Waals surface area contributed by atoms with Crippen molar-refractivity contribution in [2.75, 3.05) is 32.6 Å². The summed E-state index contributed by atoms with van der Waals surface area (Å²) in [5.74, 6) is 1.16. The van der Waals surface area contributed by atoms with Crippen LogP contribution in [0.1, 0.15) is 57.2 Å². The van der Waals surface area contributed by atoms with Crippen molar-refractivity contribution < 1.29 is 9.47 Å². The molecule has 1 aliphatic heterocycles. The number of aromatic nitrogens is 2. The van der Waals surface area contributed by atoms with Crippen molar-refractivity contribution in [3.8, 4) is 11.6 Å². The fourth-order valence-corrected chi connectivity index (χ4v) is 4.70. The Kier molecular flexibility index (Phi) is 6.09. The highest BCUT2D eigenvalue weighted by Crippen LogP contribution is 2.37. The molecule has 1 fully saturated rings. The number of aryl methyl sites for hydroxylation is 1. The average molecular weight is 399 g/mol. The zero-order chi connectivity index (χ0) is 20.4. The summed E-state index contributed by atoms with van der Waals surface area (Å²) in [7, 11) is 3.29. The van der Waals surface area contributed by atoms with E-state index in [9.17, 15) is 0 Å². The molecule has 6 nitrogen and oxygen atoms in total. The van der Waals surface area contributed by atoms with E-state index in [-0.39, 0.29) is 0 Å². The number of likely N-dealkylation sites (tertiary alicyclic amines) is 1. The zero-order valence-corrected chi connectivity index (χ0v) is 18.3. The van der Waals surface area contributed by atoms with Crippen LogP contribution in [0.2, 0.25) is 0 Å². The van der Waals surface area contributed by atoms with E-state index in [0.29, 0.717) is 23.7 Å². The summed E-state index contributed by atoms with van der Waals surface area (Å²) >= 11 is 0. The molecule has 1 aliphatic carbocycles. The van der Waals surface area contributed by atoms with E-state index in [0.717, 1.165) is 49.8 Å². The van der Waals surface area contributed by atoms with Gasteiger partial charge < -0.3 is 19.7 Å². The maximum atomic E-state index is 5.50. The Morgan fingerprint density at radius 1 is 1.03 bits per heavy atom. The molecule has 6 heteroatoms. The van der Waals surface area contributed by atoms with Crippen LogP contribution < -0.4 is 14.8 Å². The summed E-state index contributed by atoms with van der Waals surface area (Å²) in [5.41, 5.74) is 5.57. The van der Waals surface area contributed by atoms with Crippen LogP contribution in [0.5, 0.6) is 11.6 Å². The lowest BCUT2D eigenvalue weighted by atomic mass is 10.00. The lowest BCUT2D eigenvalue weighted by molar-refractivity contribution is 0.177. The van der Waals surface area contributed by atoms with Crippen LogP contribution in [-0.2, 0) is 12.8 Å². The van der Waals surface area contributed by atoms with E-state index in [1.165, 1.54) is 36.2 Å². The van der Waals surface area contributed by atoms with Gasteiger partial charge in [-0.2, -0.15) is 0 Å². The van der Waals surface area contributed by atoms with E-state index in [1.54, 1.807) is 14.2 Å². The van der Waals surface area contributed by atoms with Crippen molar-refractivity contribution in [1.82, 2.24) is 14.9 Å². The van der Waals surface area contributed by atoms with Gasteiger partial charge in [-0.05, 0) is 57.9 Å². The highest BCUT2D eigenvalue weighted by Gasteiger charge is 2.25. The van der Waals surface area contributed by atoms with Gasteiger partial charge in [0.1, 0.15) is 5.52 Å². The van der Waals surface area contributed by atoms with Gasteiger partial charge in [-0.3, -0.25) is 4.98 Å². The van der Waals surface area contributed by atoms with Gasteiger partial charge in [-0.15, -0.1) is 0 Å².